The average molecular weight is 330 g/mol. The Balaban J connectivity index is 1.49. The molecule has 1 aromatic rings. The molecule has 0 aromatic heterocycles. The Labute approximate surface area is 143 Å². The van der Waals surface area contributed by atoms with Gasteiger partial charge in [-0.1, -0.05) is 12.1 Å². The van der Waals surface area contributed by atoms with E-state index in [9.17, 15) is 9.59 Å². The fraction of sp³-hybridized carbons (Fsp3) is 0.579. The van der Waals surface area contributed by atoms with Gasteiger partial charge in [0, 0.05) is 25.0 Å². The summed E-state index contributed by atoms with van der Waals surface area (Å²) in [5, 5.41) is 3.12. The summed E-state index contributed by atoms with van der Waals surface area (Å²) < 4.78 is 5.32. The molecule has 1 saturated carbocycles. The lowest BCUT2D eigenvalue weighted by atomic mass is 10.0. The molecule has 5 heteroatoms. The van der Waals surface area contributed by atoms with Gasteiger partial charge in [0.2, 0.25) is 11.8 Å². The highest BCUT2D eigenvalue weighted by Crippen LogP contribution is 2.29. The second kappa shape index (κ2) is 7.24. The zero-order chi connectivity index (χ0) is 17.1. The van der Waals surface area contributed by atoms with Crippen LogP contribution in [-0.4, -0.2) is 43.0 Å². The molecule has 24 heavy (non-hydrogen) atoms. The molecule has 130 valence electrons. The van der Waals surface area contributed by atoms with Gasteiger partial charge in [0.25, 0.3) is 0 Å². The van der Waals surface area contributed by atoms with Crippen molar-refractivity contribution in [1.82, 2.24) is 10.2 Å². The number of ether oxygens (including phenoxy) is 1. The Morgan fingerprint density at radius 1 is 1.21 bits per heavy atom. The first-order valence-electron chi connectivity index (χ1n) is 8.78. The van der Waals surface area contributed by atoms with E-state index in [-0.39, 0.29) is 23.8 Å². The largest absolute Gasteiger partial charge is 0.496 e. The van der Waals surface area contributed by atoms with Gasteiger partial charge in [-0.15, -0.1) is 0 Å². The van der Waals surface area contributed by atoms with Gasteiger partial charge in [0.1, 0.15) is 5.75 Å². The number of hydrogen-bond donors (Lipinski definition) is 1. The number of piperidine rings is 1. The molecule has 1 N–H and O–H groups in total. The molecule has 1 aromatic carbocycles. The normalized spacial score (nSPS) is 18.3. The first-order valence-corrected chi connectivity index (χ1v) is 8.78. The number of aryl methyl sites for hydroxylation is 1. The predicted octanol–water partition coefficient (Wildman–Crippen LogP) is 2.06. The van der Waals surface area contributed by atoms with Crippen molar-refractivity contribution < 1.29 is 14.3 Å². The van der Waals surface area contributed by atoms with Crippen LogP contribution >= 0.6 is 0 Å². The van der Waals surface area contributed by atoms with Gasteiger partial charge < -0.3 is 15.0 Å². The summed E-state index contributed by atoms with van der Waals surface area (Å²) in [6.07, 6.45) is 4.16. The second-order valence-corrected chi connectivity index (χ2v) is 6.92. The highest BCUT2D eigenvalue weighted by molar-refractivity contribution is 5.81. The van der Waals surface area contributed by atoms with Crippen LogP contribution in [0.4, 0.5) is 0 Å². The number of benzene rings is 1. The Morgan fingerprint density at radius 3 is 2.54 bits per heavy atom. The first-order chi connectivity index (χ1) is 11.6. The van der Waals surface area contributed by atoms with Crippen molar-refractivity contribution in [2.75, 3.05) is 20.2 Å². The Morgan fingerprint density at radius 2 is 1.92 bits per heavy atom. The Hall–Kier alpha value is -2.04. The smallest absolute Gasteiger partial charge is 0.226 e. The Bertz CT molecular complexity index is 617. The summed E-state index contributed by atoms with van der Waals surface area (Å²) in [7, 11) is 1.65. The predicted molar refractivity (Wildman–Crippen MR) is 91.9 cm³/mol. The lowest BCUT2D eigenvalue weighted by Gasteiger charge is -2.32. The Kier molecular flexibility index (Phi) is 5.07. The van der Waals surface area contributed by atoms with E-state index in [1.54, 1.807) is 7.11 Å². The molecule has 0 bridgehead atoms. The third-order valence-corrected chi connectivity index (χ3v) is 4.97. The standard InChI is InChI=1S/C19H26N2O3/c1-13-3-4-14(11-17(13)24-2)12-18(22)21-9-7-16(8-10-21)20-19(23)15-5-6-15/h3-4,11,15-16H,5-10,12H2,1-2H3,(H,20,23). The number of likely N-dealkylation sites (tertiary alicyclic amines) is 1. The molecule has 0 atom stereocenters. The van der Waals surface area contributed by atoms with E-state index in [4.69, 9.17) is 4.74 Å². The van der Waals surface area contributed by atoms with Crippen LogP contribution in [0.5, 0.6) is 5.75 Å². The van der Waals surface area contributed by atoms with E-state index < -0.39 is 0 Å². The van der Waals surface area contributed by atoms with Crippen LogP contribution < -0.4 is 10.1 Å². The first kappa shape index (κ1) is 16.8. The molecule has 1 heterocycles. The molecule has 1 aliphatic carbocycles. The highest BCUT2D eigenvalue weighted by Gasteiger charge is 2.32. The summed E-state index contributed by atoms with van der Waals surface area (Å²) in [5.41, 5.74) is 2.05. The van der Waals surface area contributed by atoms with Crippen LogP contribution in [-0.2, 0) is 16.0 Å². The quantitative estimate of drug-likeness (QED) is 0.899. The third-order valence-electron chi connectivity index (χ3n) is 4.97. The van der Waals surface area contributed by atoms with Gasteiger partial charge in [-0.25, -0.2) is 0 Å². The average Bonchev–Trinajstić information content (AvgIpc) is 3.42. The maximum absolute atomic E-state index is 12.5. The van der Waals surface area contributed by atoms with Crippen LogP contribution in [0.1, 0.15) is 36.8 Å². The van der Waals surface area contributed by atoms with Crippen LogP contribution in [0.15, 0.2) is 18.2 Å². The molecule has 2 aliphatic rings. The van der Waals surface area contributed by atoms with Gasteiger partial charge in [-0.05, 0) is 49.8 Å². The van der Waals surface area contributed by atoms with Gasteiger partial charge in [-0.2, -0.15) is 0 Å². The maximum atomic E-state index is 12.5. The number of carbonyl (C=O) groups excluding carboxylic acids is 2. The zero-order valence-corrected chi connectivity index (χ0v) is 14.5. The maximum Gasteiger partial charge on any atom is 0.226 e. The van der Waals surface area contributed by atoms with E-state index in [1.807, 2.05) is 30.0 Å². The summed E-state index contributed by atoms with van der Waals surface area (Å²) >= 11 is 0. The molecule has 0 unspecified atom stereocenters. The molecule has 1 aliphatic heterocycles. The van der Waals surface area contributed by atoms with Gasteiger partial charge in [0.05, 0.1) is 13.5 Å². The number of methoxy groups -OCH3 is 1. The van der Waals surface area contributed by atoms with Crippen molar-refractivity contribution in [2.45, 2.75) is 45.1 Å². The van der Waals surface area contributed by atoms with Gasteiger partial charge in [-0.3, -0.25) is 9.59 Å². The van der Waals surface area contributed by atoms with Crippen molar-refractivity contribution in [3.63, 3.8) is 0 Å². The van der Waals surface area contributed by atoms with Crippen LogP contribution in [0.25, 0.3) is 0 Å². The number of nitrogens with zero attached hydrogens (tertiary/aromatic N) is 1. The van der Waals surface area contributed by atoms with Crippen LogP contribution in [0.2, 0.25) is 0 Å². The summed E-state index contributed by atoms with van der Waals surface area (Å²) in [5.74, 6) is 1.42. The minimum atomic E-state index is 0.146. The van der Waals surface area contributed by atoms with E-state index >= 15 is 0 Å². The minimum absolute atomic E-state index is 0.146. The van der Waals surface area contributed by atoms with Crippen LogP contribution in [0, 0.1) is 12.8 Å². The van der Waals surface area contributed by atoms with E-state index in [2.05, 4.69) is 5.32 Å². The second-order valence-electron chi connectivity index (χ2n) is 6.92. The molecular formula is C19H26N2O3. The van der Waals surface area contributed by atoms with E-state index in [0.29, 0.717) is 6.42 Å². The number of rotatable bonds is 5. The SMILES string of the molecule is COc1cc(CC(=O)N2CCC(NC(=O)C3CC3)CC2)ccc1C. The summed E-state index contributed by atoms with van der Waals surface area (Å²) in [6.45, 7) is 3.43. The number of amides is 2. The lowest BCUT2D eigenvalue weighted by Crippen LogP contribution is -2.47. The van der Waals surface area contributed by atoms with Crippen molar-refractivity contribution in [3.05, 3.63) is 29.3 Å². The van der Waals surface area contributed by atoms with Crippen molar-refractivity contribution >= 4 is 11.8 Å². The molecular weight excluding hydrogens is 304 g/mol. The fourth-order valence-electron chi connectivity index (χ4n) is 3.20. The molecule has 2 fully saturated rings. The van der Waals surface area contributed by atoms with Crippen LogP contribution in [0.3, 0.4) is 0 Å². The van der Waals surface area contributed by atoms with E-state index in [0.717, 1.165) is 55.6 Å². The highest BCUT2D eigenvalue weighted by atomic mass is 16.5. The van der Waals surface area contributed by atoms with Gasteiger partial charge in [0.15, 0.2) is 0 Å². The van der Waals surface area contributed by atoms with Crippen molar-refractivity contribution in [3.8, 4) is 5.75 Å². The van der Waals surface area contributed by atoms with E-state index in [1.165, 1.54) is 0 Å². The lowest BCUT2D eigenvalue weighted by molar-refractivity contribution is -0.131. The molecule has 1 saturated heterocycles. The molecule has 0 spiro atoms. The monoisotopic (exact) mass is 330 g/mol. The number of nitrogens with one attached hydrogen (secondary N) is 1. The third kappa shape index (κ3) is 4.08. The minimum Gasteiger partial charge on any atom is -0.496 e. The topological polar surface area (TPSA) is 58.6 Å². The van der Waals surface area contributed by atoms with Crippen molar-refractivity contribution in [1.29, 1.82) is 0 Å². The molecule has 5 nitrogen and oxygen atoms in total. The number of hydrogen-bond acceptors (Lipinski definition) is 3. The zero-order valence-electron chi connectivity index (χ0n) is 14.5. The fourth-order valence-corrected chi connectivity index (χ4v) is 3.20. The molecule has 2 amide bonds. The van der Waals surface area contributed by atoms with Crippen molar-refractivity contribution in [2.24, 2.45) is 5.92 Å². The molecule has 0 radical (unpaired) electrons. The summed E-state index contributed by atoms with van der Waals surface area (Å²) in [4.78, 5) is 26.2. The summed E-state index contributed by atoms with van der Waals surface area (Å²) in [6, 6.07) is 6.14. The number of carbonyl (C=O) groups is 2. The molecule has 3 rings (SSSR count). The van der Waals surface area contributed by atoms with Gasteiger partial charge >= 0.3 is 0 Å².